The number of nitrogens with one attached hydrogen (secondary N) is 2. The van der Waals surface area contributed by atoms with Gasteiger partial charge in [0.05, 0.1) is 44.3 Å². The van der Waals surface area contributed by atoms with Crippen LogP contribution in [0, 0.1) is 13.8 Å². The van der Waals surface area contributed by atoms with Crippen LogP contribution >= 0.6 is 46.4 Å². The lowest BCUT2D eigenvalue weighted by molar-refractivity contribution is 0.0736. The van der Waals surface area contributed by atoms with Crippen molar-refractivity contribution in [3.8, 4) is 45.4 Å². The summed E-state index contributed by atoms with van der Waals surface area (Å²) in [6, 6.07) is 30.9. The summed E-state index contributed by atoms with van der Waals surface area (Å²) in [5.74, 6) is -0.307. The fraction of sp³-hybridized carbons (Fsp3) is 0.300. The molecule has 22 nitrogen and oxygen atoms in total. The van der Waals surface area contributed by atoms with Crippen LogP contribution in [0.1, 0.15) is 97.3 Å². The number of aromatic nitrogens is 4. The first-order chi connectivity index (χ1) is 42.6. The normalized spacial score (nSPS) is 14.2. The van der Waals surface area contributed by atoms with Crippen molar-refractivity contribution in [2.75, 3.05) is 37.7 Å². The van der Waals surface area contributed by atoms with Gasteiger partial charge in [0.2, 0.25) is 0 Å². The highest BCUT2D eigenvalue weighted by molar-refractivity contribution is 7.87. The summed E-state index contributed by atoms with van der Waals surface area (Å²) in [5, 5.41) is 14.9. The van der Waals surface area contributed by atoms with Crippen LogP contribution in [0.25, 0.3) is 44.7 Å². The summed E-state index contributed by atoms with van der Waals surface area (Å²) >= 11 is 25.2. The molecule has 30 heteroatoms. The van der Waals surface area contributed by atoms with Gasteiger partial charge in [-0.1, -0.05) is 97.4 Å². The maximum atomic E-state index is 13.2. The number of fused-ring (bicyclic) bond motifs is 1. The third-order valence-corrected chi connectivity index (χ3v) is 19.8. The highest BCUT2D eigenvalue weighted by Crippen LogP contribution is 2.36. The molecule has 4 heterocycles. The predicted octanol–water partition coefficient (Wildman–Crippen LogP) is 12.1. The Hall–Kier alpha value is -6.66. The van der Waals surface area contributed by atoms with E-state index < -0.39 is 50.3 Å². The van der Waals surface area contributed by atoms with E-state index in [9.17, 15) is 43.3 Å². The van der Waals surface area contributed by atoms with Gasteiger partial charge in [0, 0.05) is 69.3 Å². The molecule has 4 N–H and O–H groups in total. The Morgan fingerprint density at radius 1 is 0.500 bits per heavy atom. The molecule has 0 radical (unpaired) electrons. The molecule has 0 atom stereocenters. The van der Waals surface area contributed by atoms with Gasteiger partial charge >= 0.3 is 20.2 Å². The number of halogens is 4. The lowest BCUT2D eigenvalue weighted by Crippen LogP contribution is -2.45. The summed E-state index contributed by atoms with van der Waals surface area (Å²) in [4.78, 5) is 25.6. The largest absolute Gasteiger partial charge is 0.382 e. The molecule has 2 aromatic heterocycles. The van der Waals surface area contributed by atoms with Crippen molar-refractivity contribution in [3.63, 3.8) is 0 Å². The van der Waals surface area contributed by atoms with Gasteiger partial charge in [0.25, 0.3) is 32.1 Å². The minimum atomic E-state index is -4.47. The SMILES string of the molecule is CCCS(=O)(=O)Oc1ccc(-c2c(C)c(C(=O)NN3CCCCC3)nn2-c2ccc(Cl)cc2Cl)cc1.CCCS(=O)(=O)Oc1ccc(-c2c(C)c(C(=O)NN3CCCCC3)nn2-c2ccc(Cl)cc2Cl)cc1.O=S(=O)(O)c1cccc2c(S(=O)(=O)O)cccc12. The van der Waals surface area contributed by atoms with Crippen molar-refractivity contribution in [1.29, 1.82) is 0 Å². The highest BCUT2D eigenvalue weighted by atomic mass is 35.5. The number of amides is 2. The van der Waals surface area contributed by atoms with E-state index in [0.717, 1.165) is 76.8 Å². The molecular weight excluding hydrogens is 1330 g/mol. The van der Waals surface area contributed by atoms with Gasteiger partial charge in [-0.2, -0.15) is 43.9 Å². The molecule has 2 aliphatic rings. The Morgan fingerprint density at radius 2 is 0.844 bits per heavy atom. The van der Waals surface area contributed by atoms with E-state index in [1.165, 1.54) is 24.3 Å². The lowest BCUT2D eigenvalue weighted by Gasteiger charge is -2.26. The van der Waals surface area contributed by atoms with Gasteiger partial charge in [-0.25, -0.2) is 19.4 Å². The van der Waals surface area contributed by atoms with E-state index in [4.69, 9.17) is 63.9 Å². The van der Waals surface area contributed by atoms with E-state index in [-0.39, 0.29) is 57.0 Å². The fourth-order valence-electron chi connectivity index (χ4n) is 10.1. The molecular formula is C60H64Cl4N8O14S4. The van der Waals surface area contributed by atoms with Gasteiger partial charge < -0.3 is 8.37 Å². The molecule has 0 saturated carbocycles. The Morgan fingerprint density at radius 3 is 1.16 bits per heavy atom. The molecule has 0 spiro atoms. The Balaban J connectivity index is 0.000000184. The van der Waals surface area contributed by atoms with Gasteiger partial charge in [-0.3, -0.25) is 29.5 Å². The average molecular weight is 1390 g/mol. The fourth-order valence-corrected chi connectivity index (χ4v) is 14.4. The number of rotatable bonds is 18. The van der Waals surface area contributed by atoms with Gasteiger partial charge in [-0.05, 0) is 149 Å². The van der Waals surface area contributed by atoms with E-state index in [1.807, 2.05) is 23.9 Å². The van der Waals surface area contributed by atoms with Crippen molar-refractivity contribution >= 4 is 109 Å². The first-order valence-electron chi connectivity index (χ1n) is 28.3. The van der Waals surface area contributed by atoms with Crippen molar-refractivity contribution in [3.05, 3.63) is 164 Å². The molecule has 2 fully saturated rings. The van der Waals surface area contributed by atoms with Crippen LogP contribution in [0.3, 0.4) is 0 Å². The van der Waals surface area contributed by atoms with E-state index in [1.54, 1.807) is 108 Å². The van der Waals surface area contributed by atoms with E-state index >= 15 is 0 Å². The van der Waals surface area contributed by atoms with Crippen LogP contribution in [0.15, 0.2) is 131 Å². The number of carbonyl (C=O) groups is 2. The second-order valence-corrected chi connectivity index (χ2v) is 28.8. The van der Waals surface area contributed by atoms with Crippen molar-refractivity contribution in [2.45, 2.75) is 88.9 Å². The Labute approximate surface area is 542 Å². The molecule has 0 aliphatic carbocycles. The summed E-state index contributed by atoms with van der Waals surface area (Å²) < 4.78 is 124. The van der Waals surface area contributed by atoms with Crippen molar-refractivity contribution in [1.82, 2.24) is 40.4 Å². The smallest absolute Gasteiger partial charge is 0.309 e. The summed E-state index contributed by atoms with van der Waals surface area (Å²) in [6.07, 6.45) is 7.34. The lowest BCUT2D eigenvalue weighted by atomic mass is 10.1. The quantitative estimate of drug-likeness (QED) is 0.0458. The molecule has 0 unspecified atom stereocenters. The number of carbonyl (C=O) groups excluding carboxylic acids is 2. The van der Waals surface area contributed by atoms with Crippen LogP contribution in [-0.4, -0.2) is 122 Å². The monoisotopic (exact) mass is 1390 g/mol. The van der Waals surface area contributed by atoms with Crippen molar-refractivity contribution in [2.24, 2.45) is 0 Å². The Bertz CT molecular complexity index is 4130. The maximum absolute atomic E-state index is 13.2. The first-order valence-corrected chi connectivity index (χ1v) is 35.9. The Kier molecular flexibility index (Phi) is 22.9. The van der Waals surface area contributed by atoms with Crippen LogP contribution in [-0.2, 0) is 40.5 Å². The topological polar surface area (TPSA) is 296 Å². The third-order valence-electron chi connectivity index (χ3n) is 14.2. The van der Waals surface area contributed by atoms with Gasteiger partial charge in [0.15, 0.2) is 11.4 Å². The summed E-state index contributed by atoms with van der Waals surface area (Å²) in [5.41, 5.74) is 11.6. The number of hydrazine groups is 2. The number of hydrogen-bond acceptors (Lipinski definition) is 16. The number of benzene rings is 6. The van der Waals surface area contributed by atoms with Crippen molar-refractivity contribution < 1.29 is 60.7 Å². The van der Waals surface area contributed by atoms with Crippen LogP contribution in [0.4, 0.5) is 0 Å². The second-order valence-electron chi connectivity index (χ2n) is 20.9. The average Bonchev–Trinajstić information content (AvgIpc) is 1.38. The predicted molar refractivity (Wildman–Crippen MR) is 346 cm³/mol. The molecule has 10 rings (SSSR count). The third kappa shape index (κ3) is 17.5. The van der Waals surface area contributed by atoms with Crippen LogP contribution in [0.2, 0.25) is 20.1 Å². The molecule has 2 saturated heterocycles. The van der Waals surface area contributed by atoms with E-state index in [0.29, 0.717) is 77.9 Å². The molecule has 2 amide bonds. The molecule has 6 aromatic carbocycles. The van der Waals surface area contributed by atoms with E-state index in [2.05, 4.69) is 21.0 Å². The molecule has 0 bridgehead atoms. The van der Waals surface area contributed by atoms with Gasteiger partial charge in [0.1, 0.15) is 21.3 Å². The minimum Gasteiger partial charge on any atom is -0.382 e. The molecule has 2 aliphatic heterocycles. The highest BCUT2D eigenvalue weighted by Gasteiger charge is 2.28. The van der Waals surface area contributed by atoms with Crippen LogP contribution in [0.5, 0.6) is 11.5 Å². The summed E-state index contributed by atoms with van der Waals surface area (Å²) in [7, 11) is -16.3. The van der Waals surface area contributed by atoms with Crippen LogP contribution < -0.4 is 19.2 Å². The van der Waals surface area contributed by atoms with Gasteiger partial charge in [-0.15, -0.1) is 0 Å². The molecule has 90 heavy (non-hydrogen) atoms. The number of hydrogen-bond donors (Lipinski definition) is 4. The second kappa shape index (κ2) is 29.7. The zero-order chi connectivity index (χ0) is 65.3. The number of piperidine rings is 2. The summed E-state index contributed by atoms with van der Waals surface area (Å²) in [6.45, 7) is 10.4. The standard InChI is InChI=1S/2C25H28Cl2N4O4S.C10H8O6S2/c2*1-3-15-36(33,34)35-20-10-7-18(8-11-20)24-17(2)23(25(32)29-30-13-5-4-6-14-30)28-31(24)22-12-9-19(26)16-21(22)27;11-17(12,13)9-5-1-3-7-8(9)4-2-6-10(7)18(14,15)16/h2*7-12,16H,3-6,13-15H2,1-2H3,(H,29,32);1-6H,(H,11,12,13)(H,14,15,16). The molecule has 480 valence electrons. The minimum absolute atomic E-state index is 0.0233. The zero-order valence-corrected chi connectivity index (χ0v) is 55.4. The molecule has 8 aromatic rings. The first kappa shape index (κ1) is 69.2. The zero-order valence-electron chi connectivity index (χ0n) is 49.1. The maximum Gasteiger partial charge on any atom is 0.309 e. The number of nitrogens with zero attached hydrogens (tertiary/aromatic N) is 6.